The average molecular weight is 206 g/mol. The van der Waals surface area contributed by atoms with Gasteiger partial charge in [0, 0.05) is 5.25 Å². The third-order valence-electron chi connectivity index (χ3n) is 2.80. The van der Waals surface area contributed by atoms with Gasteiger partial charge in [-0.1, -0.05) is 32.1 Å². The minimum absolute atomic E-state index is 0. The van der Waals surface area contributed by atoms with Gasteiger partial charge in [0.2, 0.25) is 0 Å². The van der Waals surface area contributed by atoms with Crippen LogP contribution in [0.5, 0.6) is 0 Å². The number of rotatable bonds is 6. The van der Waals surface area contributed by atoms with Crippen LogP contribution in [-0.4, -0.2) is 11.0 Å². The summed E-state index contributed by atoms with van der Waals surface area (Å²) in [5.41, 5.74) is 0. The Bertz CT molecular complexity index is 111. The Morgan fingerprint density at radius 2 is 1.71 bits per heavy atom. The van der Waals surface area contributed by atoms with E-state index < -0.39 is 0 Å². The summed E-state index contributed by atoms with van der Waals surface area (Å²) in [6.45, 7) is 3.87. The molecule has 1 aliphatic carbocycles. The molecule has 0 aliphatic heterocycles. The maximum Gasteiger partial charge on any atom is 1.00 e. The van der Waals surface area contributed by atoms with E-state index in [1.54, 1.807) is 0 Å². The van der Waals surface area contributed by atoms with Crippen LogP contribution in [0.25, 0.3) is 0 Å². The van der Waals surface area contributed by atoms with Crippen molar-refractivity contribution >= 4 is 11.8 Å². The Kier molecular flexibility index (Phi) is 11.2. The summed E-state index contributed by atoms with van der Waals surface area (Å²) in [5, 5.41) is 1.01. The first-order chi connectivity index (χ1) is 6.43. The van der Waals surface area contributed by atoms with Gasteiger partial charge in [0.05, 0.1) is 0 Å². The van der Waals surface area contributed by atoms with Crippen molar-refractivity contribution in [1.82, 2.24) is 0 Å². The topological polar surface area (TPSA) is 0 Å². The van der Waals surface area contributed by atoms with Gasteiger partial charge in [0.25, 0.3) is 0 Å². The van der Waals surface area contributed by atoms with E-state index in [1.165, 1.54) is 57.1 Å². The minimum Gasteiger partial charge on any atom is -0.343 e. The molecule has 0 aromatic rings. The Morgan fingerprint density at radius 3 is 2.36 bits per heavy atom. The standard InChI is InChI=1S/C12H23S.Li/c1-2-3-4-8-11-13-12-9-6-5-7-10-12;/h12H,1-11H2;/q-1;+1. The zero-order chi connectivity index (χ0) is 9.36. The Labute approximate surface area is 106 Å². The molecule has 1 rings (SSSR count). The first-order valence-corrected chi connectivity index (χ1v) is 6.89. The van der Waals surface area contributed by atoms with E-state index in [0.29, 0.717) is 0 Å². The van der Waals surface area contributed by atoms with Gasteiger partial charge in [-0.25, -0.2) is 0 Å². The van der Waals surface area contributed by atoms with E-state index in [9.17, 15) is 0 Å². The van der Waals surface area contributed by atoms with Crippen molar-refractivity contribution in [2.45, 2.75) is 63.0 Å². The second-order valence-electron chi connectivity index (χ2n) is 4.05. The van der Waals surface area contributed by atoms with Crippen molar-refractivity contribution in [2.75, 3.05) is 5.75 Å². The Morgan fingerprint density at radius 1 is 1.00 bits per heavy atom. The molecule has 1 saturated carbocycles. The van der Waals surface area contributed by atoms with Gasteiger partial charge in [-0.05, 0) is 25.0 Å². The summed E-state index contributed by atoms with van der Waals surface area (Å²) >= 11 is 2.23. The fraction of sp³-hybridized carbons (Fsp3) is 0.917. The molecule has 0 radical (unpaired) electrons. The number of hydrogen-bond acceptors (Lipinski definition) is 1. The molecule has 14 heavy (non-hydrogen) atoms. The van der Waals surface area contributed by atoms with E-state index in [2.05, 4.69) is 18.7 Å². The van der Waals surface area contributed by atoms with Crippen molar-refractivity contribution in [2.24, 2.45) is 0 Å². The molecule has 0 heterocycles. The molecule has 0 bridgehead atoms. The van der Waals surface area contributed by atoms with E-state index in [0.717, 1.165) is 11.7 Å². The van der Waals surface area contributed by atoms with Crippen LogP contribution >= 0.6 is 11.8 Å². The number of hydrogen-bond donors (Lipinski definition) is 0. The molecule has 0 amide bonds. The predicted octanol–water partition coefficient (Wildman–Crippen LogP) is 1.45. The SMILES string of the molecule is [CH2-]CCCCCSC1CCCCC1.[Li+]. The van der Waals surface area contributed by atoms with Gasteiger partial charge < -0.3 is 6.92 Å². The van der Waals surface area contributed by atoms with Gasteiger partial charge in [0.1, 0.15) is 0 Å². The van der Waals surface area contributed by atoms with Crippen LogP contribution in [0, 0.1) is 6.92 Å². The van der Waals surface area contributed by atoms with Crippen LogP contribution in [0.1, 0.15) is 57.8 Å². The van der Waals surface area contributed by atoms with Crippen LogP contribution in [0.3, 0.4) is 0 Å². The summed E-state index contributed by atoms with van der Waals surface area (Å²) in [6.07, 6.45) is 12.7. The fourth-order valence-corrected chi connectivity index (χ4v) is 3.31. The van der Waals surface area contributed by atoms with Crippen molar-refractivity contribution in [1.29, 1.82) is 0 Å². The Balaban J connectivity index is 0.00000169. The van der Waals surface area contributed by atoms with Crippen molar-refractivity contribution in [3.63, 3.8) is 0 Å². The second kappa shape index (κ2) is 10.5. The molecule has 0 atom stereocenters. The average Bonchev–Trinajstić information content (AvgIpc) is 2.19. The molecule has 1 fully saturated rings. The van der Waals surface area contributed by atoms with Gasteiger partial charge in [0.15, 0.2) is 0 Å². The molecular weight excluding hydrogens is 183 g/mol. The molecule has 0 aromatic carbocycles. The Hall–Kier alpha value is 0.947. The monoisotopic (exact) mass is 206 g/mol. The smallest absolute Gasteiger partial charge is 0.343 e. The summed E-state index contributed by atoms with van der Waals surface area (Å²) in [5.74, 6) is 1.39. The zero-order valence-corrected chi connectivity index (χ0v) is 10.6. The third-order valence-corrected chi connectivity index (χ3v) is 4.27. The summed E-state index contributed by atoms with van der Waals surface area (Å²) in [7, 11) is 0. The molecule has 0 saturated heterocycles. The van der Waals surface area contributed by atoms with Crippen molar-refractivity contribution < 1.29 is 18.9 Å². The molecule has 0 aromatic heterocycles. The number of thioether (sulfide) groups is 1. The maximum atomic E-state index is 3.87. The van der Waals surface area contributed by atoms with Crippen LogP contribution in [0.15, 0.2) is 0 Å². The first-order valence-electron chi connectivity index (χ1n) is 5.84. The molecule has 0 spiro atoms. The molecular formula is C12H23LiS. The molecule has 0 unspecified atom stereocenters. The maximum absolute atomic E-state index is 3.87. The van der Waals surface area contributed by atoms with E-state index >= 15 is 0 Å². The summed E-state index contributed by atoms with van der Waals surface area (Å²) in [4.78, 5) is 0. The summed E-state index contributed by atoms with van der Waals surface area (Å²) < 4.78 is 0. The molecule has 1 aliphatic rings. The largest absolute Gasteiger partial charge is 1.00 e. The van der Waals surface area contributed by atoms with Crippen molar-refractivity contribution in [3.05, 3.63) is 6.92 Å². The fourth-order valence-electron chi connectivity index (χ4n) is 1.94. The second-order valence-corrected chi connectivity index (χ2v) is 5.45. The van der Waals surface area contributed by atoms with E-state index in [1.807, 2.05) is 0 Å². The third kappa shape index (κ3) is 7.27. The minimum atomic E-state index is 0. The molecule has 0 N–H and O–H groups in total. The molecule has 2 heteroatoms. The van der Waals surface area contributed by atoms with Gasteiger partial charge in [-0.15, -0.1) is 0 Å². The van der Waals surface area contributed by atoms with E-state index in [4.69, 9.17) is 0 Å². The number of unbranched alkanes of at least 4 members (excludes halogenated alkanes) is 3. The normalized spacial score (nSPS) is 17.8. The molecule has 0 nitrogen and oxygen atoms in total. The van der Waals surface area contributed by atoms with E-state index in [-0.39, 0.29) is 18.9 Å². The quantitative estimate of drug-likeness (QED) is 0.360. The predicted molar refractivity (Wildman–Crippen MR) is 63.2 cm³/mol. The van der Waals surface area contributed by atoms with Gasteiger partial charge in [-0.2, -0.15) is 18.2 Å². The first kappa shape index (κ1) is 14.9. The van der Waals surface area contributed by atoms with Crippen LogP contribution in [-0.2, 0) is 0 Å². The van der Waals surface area contributed by atoms with Crippen molar-refractivity contribution in [3.8, 4) is 0 Å². The summed E-state index contributed by atoms with van der Waals surface area (Å²) in [6, 6.07) is 0. The van der Waals surface area contributed by atoms with Crippen LogP contribution < -0.4 is 18.9 Å². The van der Waals surface area contributed by atoms with Crippen LogP contribution in [0.4, 0.5) is 0 Å². The van der Waals surface area contributed by atoms with Gasteiger partial charge >= 0.3 is 18.9 Å². The zero-order valence-electron chi connectivity index (χ0n) is 9.76. The van der Waals surface area contributed by atoms with Gasteiger partial charge in [-0.3, -0.25) is 0 Å². The van der Waals surface area contributed by atoms with Crippen LogP contribution in [0.2, 0.25) is 0 Å². The molecule has 78 valence electrons.